The van der Waals surface area contributed by atoms with Crippen LogP contribution in [0.2, 0.25) is 5.02 Å². The first-order valence-electron chi connectivity index (χ1n) is 7.79. The lowest BCUT2D eigenvalue weighted by Crippen LogP contribution is -2.45. The molecule has 140 valence electrons. The van der Waals surface area contributed by atoms with Crippen molar-refractivity contribution in [3.63, 3.8) is 0 Å². The van der Waals surface area contributed by atoms with Gasteiger partial charge in [-0.05, 0) is 13.1 Å². The molecule has 0 atom stereocenters. The summed E-state index contributed by atoms with van der Waals surface area (Å²) in [7, 11) is 2.03. The van der Waals surface area contributed by atoms with E-state index in [1.165, 1.54) is 6.33 Å². The van der Waals surface area contributed by atoms with Crippen molar-refractivity contribution >= 4 is 34.7 Å². The summed E-state index contributed by atoms with van der Waals surface area (Å²) in [5.74, 6) is 0.844. The third kappa shape index (κ3) is 3.91. The Hall–Kier alpha value is -2.33. The zero-order chi connectivity index (χ0) is 18.9. The van der Waals surface area contributed by atoms with Crippen molar-refractivity contribution < 1.29 is 13.2 Å². The molecule has 2 aromatic heterocycles. The predicted octanol–water partition coefficient (Wildman–Crippen LogP) is 2.62. The number of nitrogen functional groups attached to an aromatic ring is 1. The van der Waals surface area contributed by atoms with Crippen molar-refractivity contribution in [2.75, 3.05) is 49.2 Å². The molecule has 7 nitrogen and oxygen atoms in total. The number of piperazine rings is 1. The van der Waals surface area contributed by atoms with E-state index >= 15 is 0 Å². The quantitative estimate of drug-likeness (QED) is 0.837. The molecule has 11 heteroatoms. The average molecular weight is 388 g/mol. The molecule has 0 radical (unpaired) electrons. The molecule has 0 amide bonds. The topological polar surface area (TPSA) is 83.2 Å². The highest BCUT2D eigenvalue weighted by Gasteiger charge is 2.31. The van der Waals surface area contributed by atoms with Crippen molar-refractivity contribution in [2.45, 2.75) is 6.18 Å². The largest absolute Gasteiger partial charge is 0.417 e. The second-order valence-electron chi connectivity index (χ2n) is 5.93. The molecule has 26 heavy (non-hydrogen) atoms. The summed E-state index contributed by atoms with van der Waals surface area (Å²) in [5, 5.41) is 2.60. The Morgan fingerprint density at radius 1 is 1.12 bits per heavy atom. The van der Waals surface area contributed by atoms with E-state index in [9.17, 15) is 13.2 Å². The highest BCUT2D eigenvalue weighted by atomic mass is 35.5. The van der Waals surface area contributed by atoms with E-state index in [-0.39, 0.29) is 22.3 Å². The summed E-state index contributed by atoms with van der Waals surface area (Å²) in [6.45, 7) is 3.27. The van der Waals surface area contributed by atoms with Crippen molar-refractivity contribution in [3.8, 4) is 0 Å². The highest BCUT2D eigenvalue weighted by Crippen LogP contribution is 2.34. The van der Waals surface area contributed by atoms with E-state index < -0.39 is 11.7 Å². The summed E-state index contributed by atoms with van der Waals surface area (Å²) in [4.78, 5) is 16.2. The summed E-state index contributed by atoms with van der Waals surface area (Å²) >= 11 is 5.92. The number of nitrogens with zero attached hydrogens (tertiary/aromatic N) is 5. The smallest absolute Gasteiger partial charge is 0.393 e. The van der Waals surface area contributed by atoms with Crippen LogP contribution in [-0.4, -0.2) is 53.1 Å². The molecule has 3 N–H and O–H groups in total. The Bertz CT molecular complexity index is 791. The number of halogens is 4. The fraction of sp³-hybridized carbons (Fsp3) is 0.400. The van der Waals surface area contributed by atoms with Gasteiger partial charge in [0.15, 0.2) is 11.6 Å². The number of hydrogen-bond acceptors (Lipinski definition) is 7. The first-order chi connectivity index (χ1) is 12.3. The van der Waals surface area contributed by atoms with Gasteiger partial charge in [0.1, 0.15) is 17.8 Å². The standard InChI is InChI=1S/C15H17ClF3N7/c1-25-2-4-26(5-3-25)14-11(20)13(22-8-23-14)24-12-10(16)6-9(7-21-12)15(17,18)19/h6-8H,2-5,20H2,1H3,(H,21,22,23,24). The van der Waals surface area contributed by atoms with Gasteiger partial charge in [0, 0.05) is 32.4 Å². The van der Waals surface area contributed by atoms with Crippen LogP contribution in [0.5, 0.6) is 0 Å². The Morgan fingerprint density at radius 2 is 1.81 bits per heavy atom. The molecule has 0 aliphatic carbocycles. The number of hydrogen-bond donors (Lipinski definition) is 2. The molecule has 3 heterocycles. The third-order valence-electron chi connectivity index (χ3n) is 4.07. The van der Waals surface area contributed by atoms with Crippen LogP contribution in [0.4, 0.5) is 36.3 Å². The number of anilines is 4. The fourth-order valence-electron chi connectivity index (χ4n) is 2.55. The van der Waals surface area contributed by atoms with E-state index in [2.05, 4.69) is 25.2 Å². The predicted molar refractivity (Wildman–Crippen MR) is 93.7 cm³/mol. The summed E-state index contributed by atoms with van der Waals surface area (Å²) in [6, 6.07) is 0.801. The first-order valence-corrected chi connectivity index (χ1v) is 8.17. The lowest BCUT2D eigenvalue weighted by Gasteiger charge is -2.33. The molecular formula is C15H17ClF3N7. The molecule has 0 aromatic carbocycles. The van der Waals surface area contributed by atoms with Gasteiger partial charge in [-0.3, -0.25) is 0 Å². The minimum Gasteiger partial charge on any atom is -0.393 e. The molecule has 1 aliphatic heterocycles. The van der Waals surface area contributed by atoms with Crippen LogP contribution >= 0.6 is 11.6 Å². The van der Waals surface area contributed by atoms with E-state index in [0.717, 1.165) is 32.2 Å². The summed E-state index contributed by atoms with van der Waals surface area (Å²) < 4.78 is 38.1. The molecule has 0 unspecified atom stereocenters. The van der Waals surface area contributed by atoms with E-state index in [4.69, 9.17) is 17.3 Å². The van der Waals surface area contributed by atoms with Gasteiger partial charge in [-0.25, -0.2) is 15.0 Å². The van der Waals surface area contributed by atoms with Crippen molar-refractivity contribution in [3.05, 3.63) is 29.2 Å². The molecule has 0 spiro atoms. The number of pyridine rings is 1. The summed E-state index contributed by atoms with van der Waals surface area (Å²) in [5.41, 5.74) is 5.51. The normalized spacial score (nSPS) is 16.0. The van der Waals surface area contributed by atoms with Gasteiger partial charge in [-0.1, -0.05) is 11.6 Å². The van der Waals surface area contributed by atoms with Gasteiger partial charge in [0.2, 0.25) is 0 Å². The maximum absolute atomic E-state index is 12.7. The Labute approximate surface area is 153 Å². The van der Waals surface area contributed by atoms with E-state index in [1.807, 2.05) is 11.9 Å². The third-order valence-corrected chi connectivity index (χ3v) is 4.36. The van der Waals surface area contributed by atoms with Crippen LogP contribution in [-0.2, 0) is 6.18 Å². The van der Waals surface area contributed by atoms with Crippen molar-refractivity contribution in [2.24, 2.45) is 0 Å². The number of rotatable bonds is 3. The molecule has 0 bridgehead atoms. The van der Waals surface area contributed by atoms with Crippen molar-refractivity contribution in [1.82, 2.24) is 19.9 Å². The SMILES string of the molecule is CN1CCN(c2ncnc(Nc3ncc(C(F)(F)F)cc3Cl)c2N)CC1. The minimum absolute atomic E-state index is 0.0365. The molecule has 1 fully saturated rings. The first kappa shape index (κ1) is 18.5. The van der Waals surface area contributed by atoms with Crippen LogP contribution in [0, 0.1) is 0 Å². The van der Waals surface area contributed by atoms with Gasteiger partial charge >= 0.3 is 6.18 Å². The number of likely N-dealkylation sites (N-methyl/N-ethyl adjacent to an activating group) is 1. The number of alkyl halides is 3. The maximum Gasteiger partial charge on any atom is 0.417 e. The number of nitrogens with one attached hydrogen (secondary N) is 1. The van der Waals surface area contributed by atoms with Crippen LogP contribution in [0.3, 0.4) is 0 Å². The molecular weight excluding hydrogens is 371 g/mol. The van der Waals surface area contributed by atoms with Gasteiger partial charge in [0.05, 0.1) is 10.6 Å². The fourth-order valence-corrected chi connectivity index (χ4v) is 2.77. The van der Waals surface area contributed by atoms with Crippen LogP contribution in [0.25, 0.3) is 0 Å². The van der Waals surface area contributed by atoms with Crippen LogP contribution in [0.1, 0.15) is 5.56 Å². The second kappa shape index (κ2) is 7.12. The monoisotopic (exact) mass is 387 g/mol. The van der Waals surface area contributed by atoms with Gasteiger partial charge in [-0.2, -0.15) is 13.2 Å². The van der Waals surface area contributed by atoms with Gasteiger partial charge < -0.3 is 20.9 Å². The van der Waals surface area contributed by atoms with E-state index in [1.54, 1.807) is 0 Å². The summed E-state index contributed by atoms with van der Waals surface area (Å²) in [6.07, 6.45) is -2.48. The number of aromatic nitrogens is 3. The molecule has 3 rings (SSSR count). The second-order valence-corrected chi connectivity index (χ2v) is 6.33. The zero-order valence-electron chi connectivity index (χ0n) is 13.9. The molecule has 1 aliphatic rings. The maximum atomic E-state index is 12.7. The lowest BCUT2D eigenvalue weighted by atomic mass is 10.2. The Morgan fingerprint density at radius 3 is 2.42 bits per heavy atom. The van der Waals surface area contributed by atoms with E-state index in [0.29, 0.717) is 12.0 Å². The Balaban J connectivity index is 1.84. The Kier molecular flexibility index (Phi) is 5.05. The lowest BCUT2D eigenvalue weighted by molar-refractivity contribution is -0.137. The molecule has 1 saturated heterocycles. The molecule has 0 saturated carbocycles. The van der Waals surface area contributed by atoms with Gasteiger partial charge in [0.25, 0.3) is 0 Å². The number of nitrogens with two attached hydrogens (primary N) is 1. The van der Waals surface area contributed by atoms with Crippen molar-refractivity contribution in [1.29, 1.82) is 0 Å². The van der Waals surface area contributed by atoms with Crippen LogP contribution < -0.4 is 16.0 Å². The zero-order valence-corrected chi connectivity index (χ0v) is 14.6. The average Bonchev–Trinajstić information content (AvgIpc) is 2.58. The highest BCUT2D eigenvalue weighted by molar-refractivity contribution is 6.33. The molecule has 2 aromatic rings. The minimum atomic E-state index is -4.52. The van der Waals surface area contributed by atoms with Gasteiger partial charge in [-0.15, -0.1) is 0 Å². The van der Waals surface area contributed by atoms with Crippen LogP contribution in [0.15, 0.2) is 18.6 Å².